The summed E-state index contributed by atoms with van der Waals surface area (Å²) in [6.07, 6.45) is 1.48. The smallest absolute Gasteiger partial charge is 0.359 e. The molecule has 0 unspecified atom stereocenters. The molecule has 1 aromatic rings. The molecule has 0 aliphatic carbocycles. The molecular weight excluding hydrogens is 350 g/mol. The van der Waals surface area contributed by atoms with Crippen LogP contribution in [0.15, 0.2) is 12.7 Å². The summed E-state index contributed by atoms with van der Waals surface area (Å²) in [6.45, 7) is 3.18. The lowest BCUT2D eigenvalue weighted by molar-refractivity contribution is -0.124. The molecule has 0 saturated heterocycles. The van der Waals surface area contributed by atoms with Crippen LogP contribution in [0.3, 0.4) is 0 Å². The van der Waals surface area contributed by atoms with Crippen molar-refractivity contribution in [3.05, 3.63) is 38.6 Å². The third kappa shape index (κ3) is 4.24. The molecule has 1 amide bonds. The molecule has 0 aliphatic rings. The Kier molecular flexibility index (Phi) is 6.55. The topological polar surface area (TPSA) is 68.3 Å². The van der Waals surface area contributed by atoms with Gasteiger partial charge in [0.05, 0.1) is 15.1 Å². The van der Waals surface area contributed by atoms with Gasteiger partial charge in [-0.15, -0.1) is 6.58 Å². The van der Waals surface area contributed by atoms with Crippen LogP contribution >= 0.6 is 46.4 Å². The van der Waals surface area contributed by atoms with E-state index in [0.29, 0.717) is 0 Å². The van der Waals surface area contributed by atoms with E-state index in [9.17, 15) is 9.59 Å². The second kappa shape index (κ2) is 7.69. The quantitative estimate of drug-likeness (QED) is 0.499. The number of nitrogens with one attached hydrogen (secondary N) is 1. The highest BCUT2D eigenvalue weighted by Crippen LogP contribution is 2.36. The highest BCUT2D eigenvalue weighted by molar-refractivity contribution is 6.52. The van der Waals surface area contributed by atoms with Crippen LogP contribution in [0.2, 0.25) is 20.2 Å². The number of pyridine rings is 1. The molecule has 0 bridgehead atoms. The first-order valence-electron chi connectivity index (χ1n) is 5.13. The Hall–Kier alpha value is -1.01. The van der Waals surface area contributed by atoms with Crippen LogP contribution in [-0.2, 0) is 9.53 Å². The number of nitrogens with zero attached hydrogens (tertiary/aromatic N) is 1. The van der Waals surface area contributed by atoms with Gasteiger partial charge in [0.15, 0.2) is 12.3 Å². The normalized spacial score (nSPS) is 10.0. The number of halogens is 4. The summed E-state index contributed by atoms with van der Waals surface area (Å²) in [4.78, 5) is 26.6. The summed E-state index contributed by atoms with van der Waals surface area (Å²) in [5.41, 5.74) is -0.317. The van der Waals surface area contributed by atoms with Gasteiger partial charge in [-0.05, 0) is 0 Å². The maximum absolute atomic E-state index is 11.7. The highest BCUT2D eigenvalue weighted by Gasteiger charge is 2.22. The lowest BCUT2D eigenvalue weighted by Crippen LogP contribution is -2.29. The molecule has 0 radical (unpaired) electrons. The average molecular weight is 358 g/mol. The van der Waals surface area contributed by atoms with E-state index in [1.165, 1.54) is 6.08 Å². The first-order valence-corrected chi connectivity index (χ1v) is 6.64. The van der Waals surface area contributed by atoms with Crippen LogP contribution < -0.4 is 5.32 Å². The first kappa shape index (κ1) is 17.0. The largest absolute Gasteiger partial charge is 0.451 e. The summed E-state index contributed by atoms with van der Waals surface area (Å²) >= 11 is 23.0. The van der Waals surface area contributed by atoms with Gasteiger partial charge in [0.25, 0.3) is 5.91 Å². The summed E-state index contributed by atoms with van der Waals surface area (Å²) in [5, 5.41) is 1.85. The van der Waals surface area contributed by atoms with E-state index in [-0.39, 0.29) is 32.5 Å². The Labute approximate surface area is 134 Å². The van der Waals surface area contributed by atoms with Gasteiger partial charge in [-0.2, -0.15) is 0 Å². The van der Waals surface area contributed by atoms with Crippen molar-refractivity contribution >= 4 is 58.3 Å². The van der Waals surface area contributed by atoms with Crippen molar-refractivity contribution in [1.29, 1.82) is 0 Å². The number of aromatic nitrogens is 1. The molecule has 5 nitrogen and oxygen atoms in total. The Morgan fingerprint density at radius 2 is 1.85 bits per heavy atom. The number of esters is 1. The van der Waals surface area contributed by atoms with Crippen molar-refractivity contribution in [2.75, 3.05) is 13.2 Å². The van der Waals surface area contributed by atoms with Crippen LogP contribution in [0.5, 0.6) is 0 Å². The molecule has 0 fully saturated rings. The zero-order chi connectivity index (χ0) is 15.3. The van der Waals surface area contributed by atoms with E-state index in [2.05, 4.69) is 16.9 Å². The summed E-state index contributed by atoms with van der Waals surface area (Å²) in [7, 11) is 0. The number of amides is 1. The maximum atomic E-state index is 11.7. The molecule has 0 saturated carbocycles. The fraction of sp³-hybridized carbons (Fsp3) is 0.182. The number of hydrogen-bond acceptors (Lipinski definition) is 4. The summed E-state index contributed by atoms with van der Waals surface area (Å²) < 4.78 is 4.73. The fourth-order valence-corrected chi connectivity index (χ4v) is 1.86. The molecule has 1 aromatic heterocycles. The van der Waals surface area contributed by atoms with Gasteiger partial charge < -0.3 is 10.1 Å². The maximum Gasteiger partial charge on any atom is 0.359 e. The van der Waals surface area contributed by atoms with Gasteiger partial charge in [0.1, 0.15) is 5.15 Å². The average Bonchev–Trinajstić information content (AvgIpc) is 2.44. The third-order valence-electron chi connectivity index (χ3n) is 1.96. The molecule has 0 atom stereocenters. The molecule has 0 aromatic carbocycles. The van der Waals surface area contributed by atoms with Gasteiger partial charge in [-0.3, -0.25) is 4.79 Å². The molecule has 20 heavy (non-hydrogen) atoms. The third-order valence-corrected chi connectivity index (χ3v) is 3.63. The van der Waals surface area contributed by atoms with Crippen LogP contribution in [-0.4, -0.2) is 30.0 Å². The predicted molar refractivity (Wildman–Crippen MR) is 77.8 cm³/mol. The first-order chi connectivity index (χ1) is 9.38. The van der Waals surface area contributed by atoms with Crippen LogP contribution in [0.4, 0.5) is 0 Å². The molecule has 0 aliphatic heterocycles. The lowest BCUT2D eigenvalue weighted by atomic mass is 10.3. The van der Waals surface area contributed by atoms with Gasteiger partial charge in [-0.1, -0.05) is 52.5 Å². The number of ether oxygens (including phenoxy) is 1. The van der Waals surface area contributed by atoms with Crippen LogP contribution in [0, 0.1) is 0 Å². The second-order valence-electron chi connectivity index (χ2n) is 3.36. The number of hydrogen-bond donors (Lipinski definition) is 1. The minimum Gasteiger partial charge on any atom is -0.451 e. The standard InChI is InChI=1S/C11H8Cl4N2O3/c1-2-3-16-5(18)4-20-11(19)9-7(13)6(12)8(14)10(15)17-9/h2H,1,3-4H2,(H,16,18). The molecule has 9 heteroatoms. The number of carbonyl (C=O) groups is 2. The van der Waals surface area contributed by atoms with E-state index in [1.807, 2.05) is 0 Å². The minimum absolute atomic E-state index is 0.0707. The van der Waals surface area contributed by atoms with E-state index in [1.54, 1.807) is 0 Å². The zero-order valence-corrected chi connectivity index (χ0v) is 12.9. The molecule has 0 spiro atoms. The Bertz CT molecular complexity index is 563. The van der Waals surface area contributed by atoms with Crippen LogP contribution in [0.1, 0.15) is 10.5 Å². The van der Waals surface area contributed by atoms with Gasteiger partial charge >= 0.3 is 5.97 Å². The van der Waals surface area contributed by atoms with Crippen molar-refractivity contribution in [2.45, 2.75) is 0 Å². The van der Waals surface area contributed by atoms with Crippen LogP contribution in [0.25, 0.3) is 0 Å². The van der Waals surface area contributed by atoms with E-state index < -0.39 is 18.5 Å². The van der Waals surface area contributed by atoms with Crippen molar-refractivity contribution in [3.63, 3.8) is 0 Å². The van der Waals surface area contributed by atoms with Gasteiger partial charge in [0, 0.05) is 6.54 Å². The Morgan fingerprint density at radius 3 is 2.45 bits per heavy atom. The molecule has 1 N–H and O–H groups in total. The van der Waals surface area contributed by atoms with Crippen molar-refractivity contribution in [2.24, 2.45) is 0 Å². The van der Waals surface area contributed by atoms with E-state index in [4.69, 9.17) is 51.1 Å². The fourth-order valence-electron chi connectivity index (χ4n) is 1.06. The van der Waals surface area contributed by atoms with E-state index >= 15 is 0 Å². The number of carbonyl (C=O) groups excluding carboxylic acids is 2. The predicted octanol–water partition coefficient (Wildman–Crippen LogP) is 3.15. The SMILES string of the molecule is C=CCNC(=O)COC(=O)c1nc(Cl)c(Cl)c(Cl)c1Cl. The lowest BCUT2D eigenvalue weighted by Gasteiger charge is -2.08. The summed E-state index contributed by atoms with van der Waals surface area (Å²) in [5.74, 6) is -1.44. The molecule has 108 valence electrons. The highest BCUT2D eigenvalue weighted by atomic mass is 35.5. The van der Waals surface area contributed by atoms with Crippen molar-refractivity contribution in [3.8, 4) is 0 Å². The second-order valence-corrected chi connectivity index (χ2v) is 4.85. The molecular formula is C11H8Cl4N2O3. The minimum atomic E-state index is -0.941. The van der Waals surface area contributed by atoms with Gasteiger partial charge in [0.2, 0.25) is 0 Å². The van der Waals surface area contributed by atoms with Crippen molar-refractivity contribution in [1.82, 2.24) is 10.3 Å². The molecule has 1 rings (SSSR count). The summed E-state index contributed by atoms with van der Waals surface area (Å²) in [6, 6.07) is 0. The molecule has 1 heterocycles. The van der Waals surface area contributed by atoms with E-state index in [0.717, 1.165) is 0 Å². The zero-order valence-electron chi connectivity index (χ0n) is 9.88. The Balaban J connectivity index is 2.78. The number of rotatable bonds is 5. The Morgan fingerprint density at radius 1 is 1.20 bits per heavy atom. The van der Waals surface area contributed by atoms with Gasteiger partial charge in [-0.25, -0.2) is 9.78 Å². The van der Waals surface area contributed by atoms with Crippen molar-refractivity contribution < 1.29 is 14.3 Å². The monoisotopic (exact) mass is 356 g/mol.